The lowest BCUT2D eigenvalue weighted by Gasteiger charge is -2.14. The van der Waals surface area contributed by atoms with Crippen LogP contribution in [-0.4, -0.2) is 16.8 Å². The van der Waals surface area contributed by atoms with Crippen LogP contribution in [0, 0.1) is 0 Å². The Balaban J connectivity index is 1.78. The van der Waals surface area contributed by atoms with E-state index in [-0.39, 0.29) is 17.8 Å². The summed E-state index contributed by atoms with van der Waals surface area (Å²) in [6, 6.07) is 10.3. The van der Waals surface area contributed by atoms with E-state index in [1.54, 1.807) is 5.38 Å². The van der Waals surface area contributed by atoms with Crippen molar-refractivity contribution < 1.29 is 22.8 Å². The van der Waals surface area contributed by atoms with Crippen LogP contribution in [0.4, 0.5) is 24.5 Å². The van der Waals surface area contributed by atoms with E-state index in [1.807, 2.05) is 24.3 Å². The van der Waals surface area contributed by atoms with Crippen LogP contribution in [-0.2, 0) is 22.2 Å². The number of thiazole rings is 1. The van der Waals surface area contributed by atoms with Crippen molar-refractivity contribution in [3.63, 3.8) is 0 Å². The number of nitrogens with zero attached hydrogens (tertiary/aromatic N) is 1. The molecule has 156 valence electrons. The highest BCUT2D eigenvalue weighted by atomic mass is 79.9. The molecule has 1 aromatic heterocycles. The molecule has 2 amide bonds. The Kier molecular flexibility index (Phi) is 6.57. The summed E-state index contributed by atoms with van der Waals surface area (Å²) in [6.45, 7) is 1.22. The van der Waals surface area contributed by atoms with E-state index in [2.05, 4.69) is 31.5 Å². The molecule has 5 nitrogen and oxygen atoms in total. The first kappa shape index (κ1) is 22.0. The van der Waals surface area contributed by atoms with Gasteiger partial charge in [0.2, 0.25) is 11.8 Å². The number of alkyl halides is 3. The second-order valence-electron chi connectivity index (χ2n) is 6.32. The number of nitrogens with one attached hydrogen (secondary N) is 2. The maximum absolute atomic E-state index is 13.0. The summed E-state index contributed by atoms with van der Waals surface area (Å²) in [4.78, 5) is 28.2. The van der Waals surface area contributed by atoms with Crippen LogP contribution in [0.3, 0.4) is 0 Å². The van der Waals surface area contributed by atoms with Crippen molar-refractivity contribution in [3.8, 4) is 10.6 Å². The maximum Gasteiger partial charge on any atom is 0.416 e. The number of aromatic nitrogens is 1. The van der Waals surface area contributed by atoms with E-state index in [1.165, 1.54) is 18.3 Å². The lowest BCUT2D eigenvalue weighted by molar-refractivity contribution is -0.137. The van der Waals surface area contributed by atoms with E-state index < -0.39 is 23.6 Å². The van der Waals surface area contributed by atoms with E-state index in [0.29, 0.717) is 5.69 Å². The van der Waals surface area contributed by atoms with Crippen molar-refractivity contribution in [1.82, 2.24) is 4.98 Å². The molecular formula is C20H15BrF3N3O2S. The predicted octanol–water partition coefficient (Wildman–Crippen LogP) is 5.73. The number of benzene rings is 2. The number of halogens is 4. The third-order valence-electron chi connectivity index (χ3n) is 3.90. The molecule has 1 heterocycles. The molecule has 0 unspecified atom stereocenters. The zero-order valence-electron chi connectivity index (χ0n) is 15.5. The molecule has 0 aliphatic rings. The largest absolute Gasteiger partial charge is 0.416 e. The summed E-state index contributed by atoms with van der Waals surface area (Å²) in [5.74, 6) is -1.02. The number of carbonyl (C=O) groups excluding carboxylic acids is 2. The average Bonchev–Trinajstić information content (AvgIpc) is 3.10. The number of rotatable bonds is 5. The SMILES string of the molecule is CC(=O)Nc1ccc(C(F)(F)F)cc1NC(=O)Cc1csc(-c2cccc(Br)c2)n1. The van der Waals surface area contributed by atoms with Gasteiger partial charge in [-0.05, 0) is 30.3 Å². The smallest absolute Gasteiger partial charge is 0.325 e. The second-order valence-corrected chi connectivity index (χ2v) is 8.09. The second kappa shape index (κ2) is 8.97. The Bertz CT molecular complexity index is 1100. The summed E-state index contributed by atoms with van der Waals surface area (Å²) in [5.41, 5.74) is 0.384. The molecule has 0 aliphatic heterocycles. The highest BCUT2D eigenvalue weighted by molar-refractivity contribution is 9.10. The molecule has 0 atom stereocenters. The summed E-state index contributed by atoms with van der Waals surface area (Å²) in [7, 11) is 0. The fraction of sp³-hybridized carbons (Fsp3) is 0.150. The number of amides is 2. The molecule has 30 heavy (non-hydrogen) atoms. The van der Waals surface area contributed by atoms with E-state index >= 15 is 0 Å². The van der Waals surface area contributed by atoms with Gasteiger partial charge in [0.1, 0.15) is 5.01 Å². The van der Waals surface area contributed by atoms with Gasteiger partial charge in [0.15, 0.2) is 0 Å². The Labute approximate surface area is 182 Å². The van der Waals surface area contributed by atoms with Crippen LogP contribution in [0.5, 0.6) is 0 Å². The molecule has 0 aliphatic carbocycles. The predicted molar refractivity (Wildman–Crippen MR) is 113 cm³/mol. The quantitative estimate of drug-likeness (QED) is 0.472. The van der Waals surface area contributed by atoms with Crippen LogP contribution in [0.1, 0.15) is 18.2 Å². The van der Waals surface area contributed by atoms with Crippen molar-refractivity contribution >= 4 is 50.5 Å². The summed E-state index contributed by atoms with van der Waals surface area (Å²) < 4.78 is 40.0. The van der Waals surface area contributed by atoms with Gasteiger partial charge in [0, 0.05) is 22.3 Å². The monoisotopic (exact) mass is 497 g/mol. The lowest BCUT2D eigenvalue weighted by atomic mass is 10.1. The summed E-state index contributed by atoms with van der Waals surface area (Å²) in [6.07, 6.45) is -4.71. The van der Waals surface area contributed by atoms with Gasteiger partial charge >= 0.3 is 6.18 Å². The maximum atomic E-state index is 13.0. The fourth-order valence-electron chi connectivity index (χ4n) is 2.62. The van der Waals surface area contributed by atoms with Crippen molar-refractivity contribution in [2.24, 2.45) is 0 Å². The molecule has 10 heteroatoms. The van der Waals surface area contributed by atoms with Gasteiger partial charge in [0.25, 0.3) is 0 Å². The van der Waals surface area contributed by atoms with Crippen molar-refractivity contribution in [1.29, 1.82) is 0 Å². The Morgan fingerprint density at radius 2 is 1.87 bits per heavy atom. The van der Waals surface area contributed by atoms with Crippen LogP contribution >= 0.6 is 27.3 Å². The van der Waals surface area contributed by atoms with Crippen LogP contribution in [0.2, 0.25) is 0 Å². The molecule has 0 radical (unpaired) electrons. The molecule has 0 saturated carbocycles. The Morgan fingerprint density at radius 1 is 1.10 bits per heavy atom. The van der Waals surface area contributed by atoms with Gasteiger partial charge in [-0.2, -0.15) is 13.2 Å². The topological polar surface area (TPSA) is 71.1 Å². The minimum Gasteiger partial charge on any atom is -0.325 e. The van der Waals surface area contributed by atoms with Crippen molar-refractivity contribution in [3.05, 3.63) is 63.6 Å². The highest BCUT2D eigenvalue weighted by Gasteiger charge is 2.31. The van der Waals surface area contributed by atoms with Crippen LogP contribution in [0.25, 0.3) is 10.6 Å². The molecule has 2 aromatic carbocycles. The molecule has 0 fully saturated rings. The molecule has 0 spiro atoms. The van der Waals surface area contributed by atoms with Gasteiger partial charge < -0.3 is 10.6 Å². The van der Waals surface area contributed by atoms with Crippen LogP contribution < -0.4 is 10.6 Å². The van der Waals surface area contributed by atoms with Gasteiger partial charge in [-0.3, -0.25) is 9.59 Å². The first-order chi connectivity index (χ1) is 14.1. The highest BCUT2D eigenvalue weighted by Crippen LogP contribution is 2.34. The minimum absolute atomic E-state index is 0.0805. The third kappa shape index (κ3) is 5.67. The van der Waals surface area contributed by atoms with Gasteiger partial charge in [0.05, 0.1) is 29.1 Å². The molecule has 3 rings (SSSR count). The number of hydrogen-bond donors (Lipinski definition) is 2. The average molecular weight is 498 g/mol. The number of anilines is 2. The van der Waals surface area contributed by atoms with Crippen molar-refractivity contribution in [2.75, 3.05) is 10.6 Å². The normalized spacial score (nSPS) is 11.2. The first-order valence-corrected chi connectivity index (χ1v) is 10.3. The minimum atomic E-state index is -4.58. The Morgan fingerprint density at radius 3 is 2.53 bits per heavy atom. The zero-order chi connectivity index (χ0) is 21.9. The molecule has 3 aromatic rings. The fourth-order valence-corrected chi connectivity index (χ4v) is 3.84. The molecule has 0 saturated heterocycles. The van der Waals surface area contributed by atoms with E-state index in [4.69, 9.17) is 0 Å². The summed E-state index contributed by atoms with van der Waals surface area (Å²) >= 11 is 4.75. The van der Waals surface area contributed by atoms with Gasteiger partial charge in [-0.15, -0.1) is 11.3 Å². The molecule has 2 N–H and O–H groups in total. The Hall–Kier alpha value is -2.72. The molecule has 0 bridgehead atoms. The van der Waals surface area contributed by atoms with Crippen molar-refractivity contribution in [2.45, 2.75) is 19.5 Å². The van der Waals surface area contributed by atoms with E-state index in [9.17, 15) is 22.8 Å². The standard InChI is InChI=1S/C20H15BrF3N3O2S/c1-11(28)25-16-6-5-13(20(22,23)24)8-17(16)27-18(29)9-15-10-30-19(26-15)12-3-2-4-14(21)7-12/h2-8,10H,9H2,1H3,(H,25,28)(H,27,29). The van der Waals surface area contributed by atoms with E-state index in [0.717, 1.165) is 33.2 Å². The first-order valence-electron chi connectivity index (χ1n) is 8.61. The van der Waals surface area contributed by atoms with Gasteiger partial charge in [-0.1, -0.05) is 28.1 Å². The summed E-state index contributed by atoms with van der Waals surface area (Å²) in [5, 5.41) is 7.29. The third-order valence-corrected chi connectivity index (χ3v) is 5.33. The van der Waals surface area contributed by atoms with Gasteiger partial charge in [-0.25, -0.2) is 4.98 Å². The number of carbonyl (C=O) groups is 2. The van der Waals surface area contributed by atoms with Crippen LogP contribution in [0.15, 0.2) is 52.3 Å². The number of hydrogen-bond acceptors (Lipinski definition) is 4. The zero-order valence-corrected chi connectivity index (χ0v) is 17.9. The lowest BCUT2D eigenvalue weighted by Crippen LogP contribution is -2.18. The molecular weight excluding hydrogens is 483 g/mol.